The minimum Gasteiger partial charge on any atom is -0.394 e. The monoisotopic (exact) mass is 290 g/mol. The van der Waals surface area contributed by atoms with Crippen LogP contribution in [-0.2, 0) is 0 Å². The molecular formula is C16H22N2O3. The van der Waals surface area contributed by atoms with Crippen LogP contribution >= 0.6 is 0 Å². The number of nitrogens with zero attached hydrogens (tertiary/aromatic N) is 2. The van der Waals surface area contributed by atoms with Crippen LogP contribution in [0.4, 0.5) is 0 Å². The first kappa shape index (κ1) is 15.7. The molecule has 5 nitrogen and oxygen atoms in total. The van der Waals surface area contributed by atoms with Gasteiger partial charge in [-0.05, 0) is 39.6 Å². The lowest BCUT2D eigenvalue weighted by molar-refractivity contribution is 0.0673. The number of aliphatic hydroxyl groups is 1. The standard InChI is InChI=1S/C16H22N2O3/c1-11(20)12-5-4-6-13(7-12)16(21)18-9-14(17(2)3)8-15(18)10-19/h4-7,14-15,19H,8-10H2,1-3H3/t14-,15+/m1/s1. The highest BCUT2D eigenvalue weighted by Crippen LogP contribution is 2.23. The van der Waals surface area contributed by atoms with E-state index >= 15 is 0 Å². The molecule has 0 radical (unpaired) electrons. The molecule has 0 bridgehead atoms. The molecule has 2 atom stereocenters. The van der Waals surface area contributed by atoms with Gasteiger partial charge in [0, 0.05) is 23.7 Å². The number of amides is 1. The van der Waals surface area contributed by atoms with Gasteiger partial charge in [0.15, 0.2) is 5.78 Å². The fourth-order valence-electron chi connectivity index (χ4n) is 2.72. The summed E-state index contributed by atoms with van der Waals surface area (Å²) in [6, 6.07) is 6.86. The van der Waals surface area contributed by atoms with Crippen LogP contribution in [0, 0.1) is 0 Å². The fourth-order valence-corrected chi connectivity index (χ4v) is 2.72. The van der Waals surface area contributed by atoms with Crippen molar-refractivity contribution in [2.75, 3.05) is 27.2 Å². The molecule has 0 aromatic heterocycles. The molecule has 1 saturated heterocycles. The third kappa shape index (κ3) is 3.31. The number of ketones is 1. The summed E-state index contributed by atoms with van der Waals surface area (Å²) < 4.78 is 0. The Labute approximate surface area is 125 Å². The molecule has 1 N–H and O–H groups in total. The summed E-state index contributed by atoms with van der Waals surface area (Å²) >= 11 is 0. The summed E-state index contributed by atoms with van der Waals surface area (Å²) in [4.78, 5) is 27.9. The third-order valence-corrected chi connectivity index (χ3v) is 4.11. The van der Waals surface area contributed by atoms with Crippen molar-refractivity contribution >= 4 is 11.7 Å². The summed E-state index contributed by atoms with van der Waals surface area (Å²) in [5.74, 6) is -0.183. The second-order valence-electron chi connectivity index (χ2n) is 5.78. The van der Waals surface area contributed by atoms with Gasteiger partial charge in [-0.3, -0.25) is 9.59 Å². The van der Waals surface area contributed by atoms with Crippen molar-refractivity contribution in [3.63, 3.8) is 0 Å². The number of hydrogen-bond donors (Lipinski definition) is 1. The molecule has 1 heterocycles. The Morgan fingerprint density at radius 3 is 2.57 bits per heavy atom. The van der Waals surface area contributed by atoms with E-state index in [1.807, 2.05) is 14.1 Å². The quantitative estimate of drug-likeness (QED) is 0.841. The first-order valence-corrected chi connectivity index (χ1v) is 7.13. The second kappa shape index (κ2) is 6.37. The van der Waals surface area contributed by atoms with E-state index in [0.717, 1.165) is 6.42 Å². The van der Waals surface area contributed by atoms with Crippen molar-refractivity contribution in [1.82, 2.24) is 9.80 Å². The maximum Gasteiger partial charge on any atom is 0.254 e. The number of likely N-dealkylation sites (tertiary alicyclic amines) is 1. The first-order valence-electron chi connectivity index (χ1n) is 7.13. The average molecular weight is 290 g/mol. The van der Waals surface area contributed by atoms with Crippen LogP contribution in [0.15, 0.2) is 24.3 Å². The maximum atomic E-state index is 12.6. The van der Waals surface area contributed by atoms with Crippen LogP contribution in [0.1, 0.15) is 34.1 Å². The molecule has 5 heteroatoms. The van der Waals surface area contributed by atoms with Crippen LogP contribution in [0.3, 0.4) is 0 Å². The molecule has 114 valence electrons. The normalized spacial score (nSPS) is 21.9. The second-order valence-corrected chi connectivity index (χ2v) is 5.78. The molecule has 1 fully saturated rings. The Bertz CT molecular complexity index is 542. The number of Topliss-reactive ketones (excluding diaryl/α,β-unsaturated/α-hetero) is 1. The number of carbonyl (C=O) groups is 2. The van der Waals surface area contributed by atoms with Crippen LogP contribution in [0.25, 0.3) is 0 Å². The minimum atomic E-state index is -0.161. The zero-order valence-corrected chi connectivity index (χ0v) is 12.7. The average Bonchev–Trinajstić information content (AvgIpc) is 2.91. The van der Waals surface area contributed by atoms with Gasteiger partial charge < -0.3 is 14.9 Å². The lowest BCUT2D eigenvalue weighted by Crippen LogP contribution is -2.38. The van der Waals surface area contributed by atoms with E-state index < -0.39 is 0 Å². The highest BCUT2D eigenvalue weighted by atomic mass is 16.3. The summed E-state index contributed by atoms with van der Waals surface area (Å²) in [5.41, 5.74) is 1.03. The predicted octanol–water partition coefficient (Wildman–Crippen LogP) is 1.03. The van der Waals surface area contributed by atoms with Crippen molar-refractivity contribution in [3.8, 4) is 0 Å². The molecule has 1 aromatic carbocycles. The predicted molar refractivity (Wildman–Crippen MR) is 80.4 cm³/mol. The van der Waals surface area contributed by atoms with Crippen LogP contribution < -0.4 is 0 Å². The van der Waals surface area contributed by atoms with Crippen LogP contribution in [0.2, 0.25) is 0 Å². The number of carbonyl (C=O) groups excluding carboxylic acids is 2. The van der Waals surface area contributed by atoms with Gasteiger partial charge >= 0.3 is 0 Å². The van der Waals surface area contributed by atoms with Crippen molar-refractivity contribution in [2.24, 2.45) is 0 Å². The first-order chi connectivity index (χ1) is 9.93. The third-order valence-electron chi connectivity index (χ3n) is 4.11. The van der Waals surface area contributed by atoms with E-state index in [1.165, 1.54) is 6.92 Å². The lowest BCUT2D eigenvalue weighted by atomic mass is 10.1. The molecule has 21 heavy (non-hydrogen) atoms. The fraction of sp³-hybridized carbons (Fsp3) is 0.500. The van der Waals surface area contributed by atoms with E-state index in [0.29, 0.717) is 17.7 Å². The van der Waals surface area contributed by atoms with E-state index in [-0.39, 0.29) is 30.4 Å². The summed E-state index contributed by atoms with van der Waals surface area (Å²) in [7, 11) is 3.95. The van der Waals surface area contributed by atoms with E-state index in [9.17, 15) is 14.7 Å². The van der Waals surface area contributed by atoms with E-state index in [4.69, 9.17) is 0 Å². The minimum absolute atomic E-state index is 0.0392. The Hall–Kier alpha value is -1.72. The summed E-state index contributed by atoms with van der Waals surface area (Å²) in [6.45, 7) is 2.04. The van der Waals surface area contributed by atoms with Crippen molar-refractivity contribution in [2.45, 2.75) is 25.4 Å². The topological polar surface area (TPSA) is 60.9 Å². The number of benzene rings is 1. The number of rotatable bonds is 4. The maximum absolute atomic E-state index is 12.6. The molecule has 1 aromatic rings. The van der Waals surface area contributed by atoms with Crippen LogP contribution in [-0.4, -0.2) is 65.9 Å². The Morgan fingerprint density at radius 2 is 2.00 bits per heavy atom. The number of likely N-dealkylation sites (N-methyl/N-ethyl adjacent to an activating group) is 1. The molecule has 1 aliphatic heterocycles. The molecule has 0 spiro atoms. The van der Waals surface area contributed by atoms with Gasteiger partial charge in [0.1, 0.15) is 0 Å². The molecule has 1 aliphatic rings. The summed E-state index contributed by atoms with van der Waals surface area (Å²) in [5, 5.41) is 9.51. The largest absolute Gasteiger partial charge is 0.394 e. The van der Waals surface area contributed by atoms with Gasteiger partial charge in [-0.25, -0.2) is 0 Å². The highest BCUT2D eigenvalue weighted by molar-refractivity contribution is 5.99. The molecular weight excluding hydrogens is 268 g/mol. The Balaban J connectivity index is 2.22. The lowest BCUT2D eigenvalue weighted by Gasteiger charge is -2.23. The molecule has 1 amide bonds. The van der Waals surface area contributed by atoms with Gasteiger partial charge in [0.2, 0.25) is 0 Å². The zero-order valence-electron chi connectivity index (χ0n) is 12.7. The van der Waals surface area contributed by atoms with E-state index in [1.54, 1.807) is 29.2 Å². The van der Waals surface area contributed by atoms with E-state index in [2.05, 4.69) is 4.90 Å². The zero-order chi connectivity index (χ0) is 15.6. The molecule has 0 aliphatic carbocycles. The van der Waals surface area contributed by atoms with Gasteiger partial charge in [-0.1, -0.05) is 12.1 Å². The van der Waals surface area contributed by atoms with Crippen LogP contribution in [0.5, 0.6) is 0 Å². The Morgan fingerprint density at radius 1 is 1.33 bits per heavy atom. The number of aliphatic hydroxyl groups excluding tert-OH is 1. The van der Waals surface area contributed by atoms with Gasteiger partial charge in [0.25, 0.3) is 5.91 Å². The van der Waals surface area contributed by atoms with Crippen molar-refractivity contribution in [1.29, 1.82) is 0 Å². The highest BCUT2D eigenvalue weighted by Gasteiger charge is 2.36. The SMILES string of the molecule is CC(=O)c1cccc(C(=O)N2C[C@H](N(C)C)C[C@H]2CO)c1. The van der Waals surface area contributed by atoms with Gasteiger partial charge in [-0.15, -0.1) is 0 Å². The van der Waals surface area contributed by atoms with Gasteiger partial charge in [0.05, 0.1) is 12.6 Å². The molecule has 2 rings (SSSR count). The van der Waals surface area contributed by atoms with Crippen molar-refractivity contribution < 1.29 is 14.7 Å². The smallest absolute Gasteiger partial charge is 0.254 e. The Kier molecular flexibility index (Phi) is 4.75. The molecule has 0 unspecified atom stereocenters. The van der Waals surface area contributed by atoms with Gasteiger partial charge in [-0.2, -0.15) is 0 Å². The summed E-state index contributed by atoms with van der Waals surface area (Å²) in [6.07, 6.45) is 0.766. The van der Waals surface area contributed by atoms with Crippen molar-refractivity contribution in [3.05, 3.63) is 35.4 Å². The number of hydrogen-bond acceptors (Lipinski definition) is 4. The molecule has 0 saturated carbocycles.